The fraction of sp³-hybridized carbons (Fsp3) is 0.273. The van der Waals surface area contributed by atoms with Crippen molar-refractivity contribution in [3.63, 3.8) is 0 Å². The van der Waals surface area contributed by atoms with E-state index in [2.05, 4.69) is 0 Å². The number of rotatable bonds is 0. The number of Topliss-reactive ketones (excluding diaryl/α,β-unsaturated/α-hetero) is 1. The van der Waals surface area contributed by atoms with Crippen LogP contribution in [0.5, 0.6) is 0 Å². The van der Waals surface area contributed by atoms with E-state index in [1.807, 2.05) is 6.07 Å². The van der Waals surface area contributed by atoms with Crippen molar-refractivity contribution in [3.05, 3.63) is 34.9 Å². The first kappa shape index (κ1) is 8.92. The number of nitriles is 1. The maximum absolute atomic E-state index is 11.5. The van der Waals surface area contributed by atoms with Gasteiger partial charge in [0.25, 0.3) is 0 Å². The summed E-state index contributed by atoms with van der Waals surface area (Å²) in [6.45, 7) is 0. The van der Waals surface area contributed by atoms with Gasteiger partial charge in [-0.25, -0.2) is 0 Å². The summed E-state index contributed by atoms with van der Waals surface area (Å²) in [5, 5.41) is 18.0. The topological polar surface area (TPSA) is 61.1 Å². The molecule has 70 valence electrons. The van der Waals surface area contributed by atoms with Crippen LogP contribution in [0.2, 0.25) is 0 Å². The monoisotopic (exact) mass is 187 g/mol. The fourth-order valence-corrected chi connectivity index (χ4v) is 1.71. The van der Waals surface area contributed by atoms with Crippen molar-refractivity contribution in [2.75, 3.05) is 0 Å². The normalized spacial score (nSPS) is 20.0. The van der Waals surface area contributed by atoms with Crippen molar-refractivity contribution in [3.8, 4) is 6.07 Å². The number of carbonyl (C=O) groups is 1. The van der Waals surface area contributed by atoms with Crippen LogP contribution in [-0.2, 0) is 6.42 Å². The van der Waals surface area contributed by atoms with Crippen LogP contribution in [0.4, 0.5) is 0 Å². The lowest BCUT2D eigenvalue weighted by molar-refractivity contribution is 0.0712. The largest absolute Gasteiger partial charge is 0.385 e. The fourth-order valence-electron chi connectivity index (χ4n) is 1.71. The molecule has 0 spiro atoms. The Hall–Kier alpha value is -1.66. The van der Waals surface area contributed by atoms with Gasteiger partial charge in [-0.05, 0) is 36.6 Å². The Morgan fingerprint density at radius 3 is 3.00 bits per heavy atom. The first-order chi connectivity index (χ1) is 6.72. The Kier molecular flexibility index (Phi) is 2.06. The number of ketones is 1. The van der Waals surface area contributed by atoms with E-state index < -0.39 is 6.10 Å². The molecule has 1 aliphatic rings. The summed E-state index contributed by atoms with van der Waals surface area (Å²) in [4.78, 5) is 11.5. The number of carbonyl (C=O) groups excluding carboxylic acids is 1. The van der Waals surface area contributed by atoms with Crippen molar-refractivity contribution in [2.24, 2.45) is 0 Å². The van der Waals surface area contributed by atoms with Gasteiger partial charge in [-0.1, -0.05) is 0 Å². The predicted octanol–water partition coefficient (Wildman–Crippen LogP) is 1.05. The third kappa shape index (κ3) is 1.30. The van der Waals surface area contributed by atoms with Gasteiger partial charge in [-0.2, -0.15) is 5.26 Å². The van der Waals surface area contributed by atoms with Crippen LogP contribution in [0.3, 0.4) is 0 Å². The van der Waals surface area contributed by atoms with Crippen LogP contribution in [0.25, 0.3) is 0 Å². The van der Waals surface area contributed by atoms with Crippen molar-refractivity contribution in [1.82, 2.24) is 0 Å². The van der Waals surface area contributed by atoms with Gasteiger partial charge in [-0.3, -0.25) is 4.79 Å². The van der Waals surface area contributed by atoms with Crippen LogP contribution < -0.4 is 0 Å². The molecule has 1 aliphatic carbocycles. The van der Waals surface area contributed by atoms with Gasteiger partial charge in [0, 0.05) is 5.56 Å². The highest BCUT2D eigenvalue weighted by atomic mass is 16.3. The minimum atomic E-state index is -0.865. The second-order valence-corrected chi connectivity index (χ2v) is 3.40. The highest BCUT2D eigenvalue weighted by Gasteiger charge is 2.25. The SMILES string of the molecule is N#Cc1ccc2c(c1)CCC(O)C2=O. The lowest BCUT2D eigenvalue weighted by atomic mass is 9.88. The van der Waals surface area contributed by atoms with Crippen LogP contribution >= 0.6 is 0 Å². The van der Waals surface area contributed by atoms with E-state index in [0.29, 0.717) is 24.0 Å². The van der Waals surface area contributed by atoms with E-state index in [9.17, 15) is 9.90 Å². The summed E-state index contributed by atoms with van der Waals surface area (Å²) >= 11 is 0. The highest BCUT2D eigenvalue weighted by molar-refractivity contribution is 6.01. The van der Waals surface area contributed by atoms with E-state index in [4.69, 9.17) is 5.26 Å². The van der Waals surface area contributed by atoms with E-state index in [1.165, 1.54) is 0 Å². The number of benzene rings is 1. The van der Waals surface area contributed by atoms with Crippen molar-refractivity contribution in [1.29, 1.82) is 5.26 Å². The Morgan fingerprint density at radius 1 is 1.50 bits per heavy atom. The Labute approximate surface area is 81.6 Å². The number of aryl methyl sites for hydroxylation is 1. The molecule has 3 heteroatoms. The molecule has 0 saturated carbocycles. The summed E-state index contributed by atoms with van der Waals surface area (Å²) in [7, 11) is 0. The Balaban J connectivity index is 2.50. The molecule has 0 bridgehead atoms. The summed E-state index contributed by atoms with van der Waals surface area (Å²) in [5.41, 5.74) is 2.00. The molecular weight excluding hydrogens is 178 g/mol. The van der Waals surface area contributed by atoms with Gasteiger partial charge in [0.15, 0.2) is 5.78 Å². The second-order valence-electron chi connectivity index (χ2n) is 3.40. The number of fused-ring (bicyclic) bond motifs is 1. The van der Waals surface area contributed by atoms with Crippen LogP contribution in [0, 0.1) is 11.3 Å². The molecule has 1 aromatic carbocycles. The van der Waals surface area contributed by atoms with Gasteiger partial charge in [0.2, 0.25) is 0 Å². The molecule has 1 N–H and O–H groups in total. The summed E-state index contributed by atoms with van der Waals surface area (Å²) in [6, 6.07) is 6.98. The predicted molar refractivity (Wildman–Crippen MR) is 49.8 cm³/mol. The van der Waals surface area contributed by atoms with E-state index in [0.717, 1.165) is 5.56 Å². The molecule has 0 fully saturated rings. The molecule has 0 heterocycles. The second kappa shape index (κ2) is 3.24. The first-order valence-corrected chi connectivity index (χ1v) is 4.47. The molecule has 0 radical (unpaired) electrons. The Morgan fingerprint density at radius 2 is 2.29 bits per heavy atom. The van der Waals surface area contributed by atoms with Crippen molar-refractivity contribution in [2.45, 2.75) is 18.9 Å². The van der Waals surface area contributed by atoms with Crippen LogP contribution in [0.1, 0.15) is 27.9 Å². The standard InChI is InChI=1S/C11H9NO2/c12-6-7-1-3-9-8(5-7)2-4-10(13)11(9)14/h1,3,5,10,13H,2,4H2. The number of hydrogen-bond donors (Lipinski definition) is 1. The smallest absolute Gasteiger partial charge is 0.191 e. The highest BCUT2D eigenvalue weighted by Crippen LogP contribution is 2.22. The average molecular weight is 187 g/mol. The number of nitrogens with zero attached hydrogens (tertiary/aromatic N) is 1. The molecule has 0 aliphatic heterocycles. The van der Waals surface area contributed by atoms with Gasteiger partial charge in [-0.15, -0.1) is 0 Å². The third-order valence-corrected chi connectivity index (χ3v) is 2.49. The van der Waals surface area contributed by atoms with Gasteiger partial charge < -0.3 is 5.11 Å². The average Bonchev–Trinajstić information content (AvgIpc) is 2.23. The summed E-state index contributed by atoms with van der Waals surface area (Å²) < 4.78 is 0. The van der Waals surface area contributed by atoms with E-state index in [1.54, 1.807) is 18.2 Å². The molecule has 1 unspecified atom stereocenters. The molecule has 2 rings (SSSR count). The van der Waals surface area contributed by atoms with E-state index in [-0.39, 0.29) is 5.78 Å². The number of aliphatic hydroxyl groups is 1. The van der Waals surface area contributed by atoms with Crippen molar-refractivity contribution >= 4 is 5.78 Å². The zero-order valence-electron chi connectivity index (χ0n) is 7.53. The maximum atomic E-state index is 11.5. The first-order valence-electron chi connectivity index (χ1n) is 4.47. The number of aliphatic hydroxyl groups excluding tert-OH is 1. The molecule has 1 atom stereocenters. The van der Waals surface area contributed by atoms with Crippen LogP contribution in [-0.4, -0.2) is 17.0 Å². The quantitative estimate of drug-likeness (QED) is 0.660. The minimum Gasteiger partial charge on any atom is -0.385 e. The summed E-state index contributed by atoms with van der Waals surface area (Å²) in [6.07, 6.45) is 0.258. The molecule has 0 saturated heterocycles. The molecule has 1 aromatic rings. The zero-order chi connectivity index (χ0) is 10.1. The Bertz CT molecular complexity index is 431. The molecule has 3 nitrogen and oxygen atoms in total. The van der Waals surface area contributed by atoms with Gasteiger partial charge in [0.05, 0.1) is 11.6 Å². The minimum absolute atomic E-state index is 0.226. The molecule has 0 aromatic heterocycles. The molecule has 14 heavy (non-hydrogen) atoms. The van der Waals surface area contributed by atoms with Gasteiger partial charge >= 0.3 is 0 Å². The lowest BCUT2D eigenvalue weighted by Crippen LogP contribution is -2.27. The van der Waals surface area contributed by atoms with Crippen molar-refractivity contribution < 1.29 is 9.90 Å². The van der Waals surface area contributed by atoms with Gasteiger partial charge in [0.1, 0.15) is 6.10 Å². The maximum Gasteiger partial charge on any atom is 0.191 e. The number of hydrogen-bond acceptors (Lipinski definition) is 3. The third-order valence-electron chi connectivity index (χ3n) is 2.49. The molecule has 0 amide bonds. The molecular formula is C11H9NO2. The van der Waals surface area contributed by atoms with Crippen LogP contribution in [0.15, 0.2) is 18.2 Å². The summed E-state index contributed by atoms with van der Waals surface area (Å²) in [5.74, 6) is -0.226. The van der Waals surface area contributed by atoms with E-state index >= 15 is 0 Å². The lowest BCUT2D eigenvalue weighted by Gasteiger charge is -2.18. The zero-order valence-corrected chi connectivity index (χ0v) is 7.53.